The Labute approximate surface area is 122 Å². The molecule has 0 spiro atoms. The predicted octanol–water partition coefficient (Wildman–Crippen LogP) is 2.68. The van der Waals surface area contributed by atoms with E-state index < -0.39 is 17.9 Å². The van der Waals surface area contributed by atoms with Gasteiger partial charge in [-0.3, -0.25) is 4.79 Å². The van der Waals surface area contributed by atoms with Crippen molar-refractivity contribution in [1.82, 2.24) is 5.32 Å². The number of carbonyl (C=O) groups is 2. The molecule has 1 atom stereocenters. The molecule has 2 amide bonds. The maximum absolute atomic E-state index is 11.8. The van der Waals surface area contributed by atoms with Gasteiger partial charge in [0.1, 0.15) is 0 Å². The number of hydrogen-bond acceptors (Lipinski definition) is 2. The standard InChI is InChI=1S/C16H16N2O3/c19-15(20)14(12-7-3-1-4-8-12)11-17-16(21)18-13-9-5-2-6-10-13/h1-10,14H,11H2,(H,19,20)(H2,17,18,21). The first-order chi connectivity index (χ1) is 10.2. The van der Waals surface area contributed by atoms with Crippen LogP contribution in [-0.4, -0.2) is 23.7 Å². The smallest absolute Gasteiger partial charge is 0.319 e. The Kier molecular flexibility index (Phi) is 4.93. The predicted molar refractivity (Wildman–Crippen MR) is 80.3 cm³/mol. The van der Waals surface area contributed by atoms with Gasteiger partial charge in [-0.05, 0) is 17.7 Å². The summed E-state index contributed by atoms with van der Waals surface area (Å²) in [5.41, 5.74) is 1.31. The zero-order chi connectivity index (χ0) is 15.1. The third-order valence-electron chi connectivity index (χ3n) is 3.00. The number of para-hydroxylation sites is 1. The first kappa shape index (κ1) is 14.6. The Morgan fingerprint density at radius 2 is 1.52 bits per heavy atom. The van der Waals surface area contributed by atoms with Crippen molar-refractivity contribution < 1.29 is 14.7 Å². The third kappa shape index (κ3) is 4.35. The molecule has 0 fully saturated rings. The molecule has 1 unspecified atom stereocenters. The van der Waals surface area contributed by atoms with Crippen LogP contribution in [0.1, 0.15) is 11.5 Å². The van der Waals surface area contributed by atoms with Gasteiger partial charge in [0.25, 0.3) is 0 Å². The van der Waals surface area contributed by atoms with Gasteiger partial charge in [0.15, 0.2) is 0 Å². The summed E-state index contributed by atoms with van der Waals surface area (Å²) in [4.78, 5) is 23.1. The molecule has 0 aromatic heterocycles. The van der Waals surface area contributed by atoms with Crippen LogP contribution in [0.15, 0.2) is 60.7 Å². The minimum absolute atomic E-state index is 0.0258. The second-order valence-corrected chi connectivity index (χ2v) is 4.50. The summed E-state index contributed by atoms with van der Waals surface area (Å²) in [6, 6.07) is 17.4. The monoisotopic (exact) mass is 284 g/mol. The normalized spacial score (nSPS) is 11.4. The van der Waals surface area contributed by atoms with Crippen molar-refractivity contribution in [2.24, 2.45) is 0 Å². The molecule has 0 bridgehead atoms. The minimum Gasteiger partial charge on any atom is -0.481 e. The number of benzene rings is 2. The summed E-state index contributed by atoms with van der Waals surface area (Å²) in [6.45, 7) is 0.0258. The Hall–Kier alpha value is -2.82. The number of rotatable bonds is 5. The maximum Gasteiger partial charge on any atom is 0.319 e. The fraction of sp³-hybridized carbons (Fsp3) is 0.125. The number of carboxylic acid groups (broad SMARTS) is 1. The highest BCUT2D eigenvalue weighted by Crippen LogP contribution is 2.14. The van der Waals surface area contributed by atoms with Crippen molar-refractivity contribution in [2.75, 3.05) is 11.9 Å². The lowest BCUT2D eigenvalue weighted by molar-refractivity contribution is -0.138. The summed E-state index contributed by atoms with van der Waals surface area (Å²) >= 11 is 0. The number of amides is 2. The third-order valence-corrected chi connectivity index (χ3v) is 3.00. The number of urea groups is 1. The van der Waals surface area contributed by atoms with E-state index in [9.17, 15) is 14.7 Å². The van der Waals surface area contributed by atoms with Crippen molar-refractivity contribution in [1.29, 1.82) is 0 Å². The van der Waals surface area contributed by atoms with E-state index in [-0.39, 0.29) is 6.54 Å². The van der Waals surface area contributed by atoms with E-state index in [4.69, 9.17) is 0 Å². The van der Waals surface area contributed by atoms with Crippen LogP contribution in [0.4, 0.5) is 10.5 Å². The van der Waals surface area contributed by atoms with Crippen LogP contribution in [0, 0.1) is 0 Å². The number of aliphatic carboxylic acids is 1. The van der Waals surface area contributed by atoms with E-state index in [1.54, 1.807) is 48.5 Å². The topological polar surface area (TPSA) is 78.4 Å². The second-order valence-electron chi connectivity index (χ2n) is 4.50. The van der Waals surface area contributed by atoms with E-state index in [2.05, 4.69) is 10.6 Å². The maximum atomic E-state index is 11.8. The molecule has 2 aromatic carbocycles. The Bertz CT molecular complexity index is 599. The molecular weight excluding hydrogens is 268 g/mol. The average Bonchev–Trinajstić information content (AvgIpc) is 2.49. The SMILES string of the molecule is O=C(NCC(C(=O)O)c1ccccc1)Nc1ccccc1. The lowest BCUT2D eigenvalue weighted by Crippen LogP contribution is -2.34. The average molecular weight is 284 g/mol. The molecular formula is C16H16N2O3. The number of anilines is 1. The number of hydrogen-bond donors (Lipinski definition) is 3. The summed E-state index contributed by atoms with van der Waals surface area (Å²) in [5.74, 6) is -1.74. The zero-order valence-electron chi connectivity index (χ0n) is 11.3. The molecule has 5 nitrogen and oxygen atoms in total. The Morgan fingerprint density at radius 1 is 0.952 bits per heavy atom. The van der Waals surface area contributed by atoms with Crippen LogP contribution in [-0.2, 0) is 4.79 Å². The lowest BCUT2D eigenvalue weighted by atomic mass is 9.99. The number of carboxylic acids is 1. The number of nitrogens with one attached hydrogen (secondary N) is 2. The van der Waals surface area contributed by atoms with E-state index in [0.717, 1.165) is 0 Å². The molecule has 0 aliphatic heterocycles. The van der Waals surface area contributed by atoms with Crippen LogP contribution >= 0.6 is 0 Å². The molecule has 108 valence electrons. The Balaban J connectivity index is 1.93. The second kappa shape index (κ2) is 7.09. The van der Waals surface area contributed by atoms with E-state index >= 15 is 0 Å². The molecule has 0 aliphatic rings. The van der Waals surface area contributed by atoms with E-state index in [1.165, 1.54) is 0 Å². The van der Waals surface area contributed by atoms with Gasteiger partial charge in [-0.15, -0.1) is 0 Å². The van der Waals surface area contributed by atoms with Crippen LogP contribution in [0.2, 0.25) is 0 Å². The van der Waals surface area contributed by atoms with Gasteiger partial charge < -0.3 is 15.7 Å². The molecule has 21 heavy (non-hydrogen) atoms. The molecule has 3 N–H and O–H groups in total. The van der Waals surface area contributed by atoms with Crippen molar-refractivity contribution in [3.05, 3.63) is 66.2 Å². The van der Waals surface area contributed by atoms with Crippen LogP contribution in [0.3, 0.4) is 0 Å². The van der Waals surface area contributed by atoms with Gasteiger partial charge in [0, 0.05) is 12.2 Å². The molecule has 2 rings (SSSR count). The molecule has 0 saturated carbocycles. The largest absolute Gasteiger partial charge is 0.481 e. The van der Waals surface area contributed by atoms with Crippen LogP contribution in [0.25, 0.3) is 0 Å². The highest BCUT2D eigenvalue weighted by molar-refractivity contribution is 5.89. The van der Waals surface area contributed by atoms with Gasteiger partial charge in [0.05, 0.1) is 5.92 Å². The zero-order valence-corrected chi connectivity index (χ0v) is 11.3. The quantitative estimate of drug-likeness (QED) is 0.790. The fourth-order valence-corrected chi connectivity index (χ4v) is 1.92. The van der Waals surface area contributed by atoms with Gasteiger partial charge in [-0.25, -0.2) is 4.79 Å². The highest BCUT2D eigenvalue weighted by Gasteiger charge is 2.20. The molecule has 2 aromatic rings. The van der Waals surface area contributed by atoms with Gasteiger partial charge in [0.2, 0.25) is 0 Å². The fourth-order valence-electron chi connectivity index (χ4n) is 1.92. The first-order valence-corrected chi connectivity index (χ1v) is 6.54. The first-order valence-electron chi connectivity index (χ1n) is 6.54. The Morgan fingerprint density at radius 3 is 2.10 bits per heavy atom. The van der Waals surface area contributed by atoms with Gasteiger partial charge in [-0.2, -0.15) is 0 Å². The van der Waals surface area contributed by atoms with Gasteiger partial charge >= 0.3 is 12.0 Å². The highest BCUT2D eigenvalue weighted by atomic mass is 16.4. The number of carbonyl (C=O) groups excluding carboxylic acids is 1. The molecule has 0 aliphatic carbocycles. The van der Waals surface area contributed by atoms with Gasteiger partial charge in [-0.1, -0.05) is 48.5 Å². The molecule has 5 heteroatoms. The summed E-state index contributed by atoms with van der Waals surface area (Å²) < 4.78 is 0. The molecule has 0 heterocycles. The lowest BCUT2D eigenvalue weighted by Gasteiger charge is -2.14. The summed E-state index contributed by atoms with van der Waals surface area (Å²) in [5, 5.41) is 14.5. The van der Waals surface area contributed by atoms with Crippen molar-refractivity contribution >= 4 is 17.7 Å². The molecule has 0 saturated heterocycles. The van der Waals surface area contributed by atoms with Crippen molar-refractivity contribution in [2.45, 2.75) is 5.92 Å². The summed E-state index contributed by atoms with van der Waals surface area (Å²) in [6.07, 6.45) is 0. The van der Waals surface area contributed by atoms with E-state index in [0.29, 0.717) is 11.3 Å². The molecule has 0 radical (unpaired) electrons. The van der Waals surface area contributed by atoms with Crippen molar-refractivity contribution in [3.63, 3.8) is 0 Å². The van der Waals surface area contributed by atoms with Crippen molar-refractivity contribution in [3.8, 4) is 0 Å². The summed E-state index contributed by atoms with van der Waals surface area (Å²) in [7, 11) is 0. The van der Waals surface area contributed by atoms with E-state index in [1.807, 2.05) is 12.1 Å². The minimum atomic E-state index is -0.971. The van der Waals surface area contributed by atoms with Crippen LogP contribution in [0.5, 0.6) is 0 Å². The van der Waals surface area contributed by atoms with Crippen LogP contribution < -0.4 is 10.6 Å².